The van der Waals surface area contributed by atoms with Gasteiger partial charge in [0.15, 0.2) is 5.82 Å². The van der Waals surface area contributed by atoms with Crippen molar-refractivity contribution in [3.05, 3.63) is 81.6 Å². The predicted octanol–water partition coefficient (Wildman–Crippen LogP) is 4.12. The summed E-state index contributed by atoms with van der Waals surface area (Å²) in [7, 11) is 0. The minimum Gasteiger partial charge on any atom is -0.365 e. The van der Waals surface area contributed by atoms with Crippen molar-refractivity contribution in [1.82, 2.24) is 9.55 Å². The third-order valence-corrected chi connectivity index (χ3v) is 4.67. The summed E-state index contributed by atoms with van der Waals surface area (Å²) in [5.74, 6) is -0.00303. The molecule has 126 valence electrons. The highest BCUT2D eigenvalue weighted by molar-refractivity contribution is 6.31. The molecule has 1 aromatic heterocycles. The number of halogens is 2. The fourth-order valence-electron chi connectivity index (χ4n) is 3.12. The lowest BCUT2D eigenvalue weighted by Gasteiger charge is -2.14. The van der Waals surface area contributed by atoms with E-state index < -0.39 is 12.0 Å². The first kappa shape index (κ1) is 16.0. The summed E-state index contributed by atoms with van der Waals surface area (Å²) in [6.07, 6.45) is -1.20. The first-order valence-electron chi connectivity index (χ1n) is 7.84. The minimum atomic E-state index is -1.20. The number of aliphatic hydroxyl groups is 1. The van der Waals surface area contributed by atoms with E-state index in [4.69, 9.17) is 11.6 Å². The molecule has 6 heteroatoms. The standard InChI is InChI=1S/C19H15ClFN3O/c1-10-11(2)24-16-8-7-12(20)9-14(16)17(23-19(25)18(24)22-10)13-5-3-4-6-15(13)21/h3-9,19,25H,1-2H3. The molecule has 2 heterocycles. The average Bonchev–Trinajstić information content (AvgIpc) is 2.82. The number of aromatic nitrogens is 2. The fourth-order valence-corrected chi connectivity index (χ4v) is 3.30. The van der Waals surface area contributed by atoms with Crippen molar-refractivity contribution in [2.24, 2.45) is 4.99 Å². The summed E-state index contributed by atoms with van der Waals surface area (Å²) in [6, 6.07) is 11.7. The average molecular weight is 356 g/mol. The molecule has 1 atom stereocenters. The van der Waals surface area contributed by atoms with Crippen LogP contribution in [0.25, 0.3) is 5.69 Å². The van der Waals surface area contributed by atoms with Gasteiger partial charge in [0.2, 0.25) is 6.23 Å². The zero-order chi connectivity index (χ0) is 17.7. The molecule has 0 saturated heterocycles. The van der Waals surface area contributed by atoms with Crippen molar-refractivity contribution >= 4 is 17.3 Å². The lowest BCUT2D eigenvalue weighted by Crippen LogP contribution is -2.09. The molecule has 0 spiro atoms. The molecule has 1 unspecified atom stereocenters. The number of aliphatic imine (C=N–C) groups is 1. The number of hydrogen-bond acceptors (Lipinski definition) is 3. The van der Waals surface area contributed by atoms with E-state index in [1.807, 2.05) is 24.5 Å². The molecule has 4 rings (SSSR count). The van der Waals surface area contributed by atoms with Crippen molar-refractivity contribution in [3.8, 4) is 5.69 Å². The minimum absolute atomic E-state index is 0.310. The number of fused-ring (bicyclic) bond motifs is 3. The molecule has 0 bridgehead atoms. The Labute approximate surface area is 149 Å². The van der Waals surface area contributed by atoms with Crippen LogP contribution in [0.3, 0.4) is 0 Å². The van der Waals surface area contributed by atoms with Crippen molar-refractivity contribution in [2.75, 3.05) is 0 Å². The smallest absolute Gasteiger partial charge is 0.205 e. The second-order valence-electron chi connectivity index (χ2n) is 5.97. The van der Waals surface area contributed by atoms with Crippen LogP contribution in [0.4, 0.5) is 4.39 Å². The predicted molar refractivity (Wildman–Crippen MR) is 95.0 cm³/mol. The maximum Gasteiger partial charge on any atom is 0.205 e. The van der Waals surface area contributed by atoms with Gasteiger partial charge in [-0.1, -0.05) is 23.7 Å². The van der Waals surface area contributed by atoms with Crippen LogP contribution >= 0.6 is 11.6 Å². The van der Waals surface area contributed by atoms with Crippen molar-refractivity contribution in [2.45, 2.75) is 20.1 Å². The number of rotatable bonds is 1. The molecular formula is C19H15ClFN3O. The Morgan fingerprint density at radius 1 is 1.12 bits per heavy atom. The van der Waals surface area contributed by atoms with Crippen LogP contribution < -0.4 is 0 Å². The van der Waals surface area contributed by atoms with E-state index >= 15 is 0 Å². The van der Waals surface area contributed by atoms with Crippen molar-refractivity contribution < 1.29 is 9.50 Å². The normalized spacial score (nSPS) is 16.0. The van der Waals surface area contributed by atoms with Crippen LogP contribution in [-0.4, -0.2) is 20.4 Å². The van der Waals surface area contributed by atoms with Crippen LogP contribution in [-0.2, 0) is 0 Å². The Morgan fingerprint density at radius 2 is 1.88 bits per heavy atom. The summed E-state index contributed by atoms with van der Waals surface area (Å²) in [6.45, 7) is 3.80. The van der Waals surface area contributed by atoms with E-state index in [1.165, 1.54) is 6.07 Å². The van der Waals surface area contributed by atoms with Crippen molar-refractivity contribution in [3.63, 3.8) is 0 Å². The van der Waals surface area contributed by atoms with Gasteiger partial charge in [-0.25, -0.2) is 14.4 Å². The number of aliphatic hydroxyl groups excluding tert-OH is 1. The van der Waals surface area contributed by atoms with Crippen LogP contribution in [0.1, 0.15) is 34.6 Å². The van der Waals surface area contributed by atoms with Crippen LogP contribution in [0, 0.1) is 19.7 Å². The SMILES string of the molecule is Cc1nc2n(c1C)-c1ccc(Cl)cc1C(c1ccccc1F)=NC2O. The van der Waals surface area contributed by atoms with Gasteiger partial charge in [-0.05, 0) is 44.2 Å². The highest BCUT2D eigenvalue weighted by atomic mass is 35.5. The quantitative estimate of drug-likeness (QED) is 0.713. The molecule has 4 nitrogen and oxygen atoms in total. The summed E-state index contributed by atoms with van der Waals surface area (Å²) in [5, 5.41) is 11.1. The lowest BCUT2D eigenvalue weighted by atomic mass is 10.00. The molecule has 25 heavy (non-hydrogen) atoms. The number of aryl methyl sites for hydroxylation is 1. The van der Waals surface area contributed by atoms with E-state index in [1.54, 1.807) is 30.3 Å². The largest absolute Gasteiger partial charge is 0.365 e. The van der Waals surface area contributed by atoms with Gasteiger partial charge in [-0.2, -0.15) is 0 Å². The van der Waals surface area contributed by atoms with Crippen LogP contribution in [0.15, 0.2) is 47.5 Å². The molecule has 3 aromatic rings. The Morgan fingerprint density at radius 3 is 2.64 bits per heavy atom. The zero-order valence-electron chi connectivity index (χ0n) is 13.7. The zero-order valence-corrected chi connectivity index (χ0v) is 14.4. The van der Waals surface area contributed by atoms with Gasteiger partial charge in [0, 0.05) is 21.8 Å². The molecule has 1 aliphatic heterocycles. The molecule has 0 amide bonds. The Balaban J connectivity index is 2.08. The third-order valence-electron chi connectivity index (χ3n) is 4.44. The number of nitrogens with zero attached hydrogens (tertiary/aromatic N) is 3. The third kappa shape index (κ3) is 2.47. The van der Waals surface area contributed by atoms with E-state index in [0.29, 0.717) is 27.7 Å². The fraction of sp³-hybridized carbons (Fsp3) is 0.158. The summed E-state index contributed by atoms with van der Waals surface area (Å²) in [4.78, 5) is 8.82. The molecule has 0 saturated carbocycles. The topological polar surface area (TPSA) is 50.4 Å². The van der Waals surface area contributed by atoms with Crippen LogP contribution in [0.5, 0.6) is 0 Å². The van der Waals surface area contributed by atoms with Gasteiger partial charge < -0.3 is 5.11 Å². The second kappa shape index (κ2) is 5.79. The summed E-state index contributed by atoms with van der Waals surface area (Å²) in [5.41, 5.74) is 3.77. The Hall–Kier alpha value is -2.50. The summed E-state index contributed by atoms with van der Waals surface area (Å²) < 4.78 is 16.3. The van der Waals surface area contributed by atoms with Gasteiger partial charge in [0.1, 0.15) is 5.82 Å². The molecule has 0 fully saturated rings. The molecule has 1 N–H and O–H groups in total. The molecule has 0 aliphatic carbocycles. The van der Waals surface area contributed by atoms with Crippen LogP contribution in [0.2, 0.25) is 5.02 Å². The maximum atomic E-state index is 14.4. The second-order valence-corrected chi connectivity index (χ2v) is 6.41. The monoisotopic (exact) mass is 355 g/mol. The molecule has 2 aromatic carbocycles. The van der Waals surface area contributed by atoms with E-state index in [0.717, 1.165) is 17.1 Å². The highest BCUT2D eigenvalue weighted by Gasteiger charge is 2.28. The van der Waals surface area contributed by atoms with E-state index in [9.17, 15) is 9.50 Å². The number of hydrogen-bond donors (Lipinski definition) is 1. The molecule has 1 aliphatic rings. The van der Waals surface area contributed by atoms with Gasteiger partial charge >= 0.3 is 0 Å². The van der Waals surface area contributed by atoms with Gasteiger partial charge in [0.25, 0.3) is 0 Å². The summed E-state index contributed by atoms with van der Waals surface area (Å²) >= 11 is 6.19. The van der Waals surface area contributed by atoms with Gasteiger partial charge in [-0.3, -0.25) is 4.57 Å². The maximum absolute atomic E-state index is 14.4. The van der Waals surface area contributed by atoms with Gasteiger partial charge in [0.05, 0.1) is 17.1 Å². The molecular weight excluding hydrogens is 341 g/mol. The Bertz CT molecular complexity index is 1030. The lowest BCUT2D eigenvalue weighted by molar-refractivity contribution is 0.177. The van der Waals surface area contributed by atoms with Gasteiger partial charge in [-0.15, -0.1) is 0 Å². The highest BCUT2D eigenvalue weighted by Crippen LogP contribution is 2.33. The Kier molecular flexibility index (Phi) is 3.71. The van der Waals surface area contributed by atoms with Crippen molar-refractivity contribution in [1.29, 1.82) is 0 Å². The first-order chi connectivity index (χ1) is 12.0. The van der Waals surface area contributed by atoms with E-state index in [2.05, 4.69) is 9.98 Å². The first-order valence-corrected chi connectivity index (χ1v) is 8.22. The molecule has 0 radical (unpaired) electrons. The number of benzene rings is 2. The number of imidazole rings is 1. The van der Waals surface area contributed by atoms with E-state index in [-0.39, 0.29) is 0 Å².